The Kier molecular flexibility index (Phi) is 4.62. The molecule has 2 fully saturated rings. The van der Waals surface area contributed by atoms with Crippen molar-refractivity contribution in [3.05, 3.63) is 0 Å². The average molecular weight is 255 g/mol. The van der Waals surface area contributed by atoms with E-state index in [1.807, 2.05) is 7.05 Å². The highest BCUT2D eigenvalue weighted by atomic mass is 16.5. The fraction of sp³-hybridized carbons (Fsp3) is 0.929. The molecule has 0 aliphatic heterocycles. The summed E-state index contributed by atoms with van der Waals surface area (Å²) in [6.07, 6.45) is 6.24. The second kappa shape index (κ2) is 6.02. The van der Waals surface area contributed by atoms with Gasteiger partial charge in [0.2, 0.25) is 5.91 Å². The van der Waals surface area contributed by atoms with Gasteiger partial charge in [0.1, 0.15) is 6.10 Å². The summed E-state index contributed by atoms with van der Waals surface area (Å²) in [6, 6.07) is -0.0799. The first-order valence-corrected chi connectivity index (χ1v) is 7.10. The summed E-state index contributed by atoms with van der Waals surface area (Å²) >= 11 is 0. The molecule has 0 radical (unpaired) electrons. The van der Waals surface area contributed by atoms with Gasteiger partial charge in [-0.15, -0.1) is 0 Å². The highest BCUT2D eigenvalue weighted by molar-refractivity contribution is 5.76. The van der Waals surface area contributed by atoms with Crippen LogP contribution in [0.25, 0.3) is 0 Å². The van der Waals surface area contributed by atoms with Crippen LogP contribution >= 0.6 is 0 Å². The molecule has 0 bridgehead atoms. The van der Waals surface area contributed by atoms with Gasteiger partial charge in [0.05, 0.1) is 12.1 Å². The number of aliphatic hydroxyl groups is 1. The monoisotopic (exact) mass is 255 g/mol. The Balaban J connectivity index is 1.96. The summed E-state index contributed by atoms with van der Waals surface area (Å²) in [4.78, 5) is 13.9. The van der Waals surface area contributed by atoms with E-state index in [0.717, 1.165) is 25.7 Å². The molecule has 2 saturated carbocycles. The minimum absolute atomic E-state index is 0.0799. The summed E-state index contributed by atoms with van der Waals surface area (Å²) in [5.41, 5.74) is 0. The van der Waals surface area contributed by atoms with E-state index in [1.54, 1.807) is 12.0 Å². The zero-order chi connectivity index (χ0) is 13.1. The maximum atomic E-state index is 12.1. The van der Waals surface area contributed by atoms with Crippen LogP contribution in [0.3, 0.4) is 0 Å². The van der Waals surface area contributed by atoms with Crippen molar-refractivity contribution in [1.82, 2.24) is 4.90 Å². The van der Waals surface area contributed by atoms with Crippen molar-refractivity contribution in [3.8, 4) is 0 Å². The molecule has 3 atom stereocenters. The molecule has 104 valence electrons. The van der Waals surface area contributed by atoms with Gasteiger partial charge in [-0.25, -0.2) is 0 Å². The summed E-state index contributed by atoms with van der Waals surface area (Å²) < 4.78 is 5.35. The van der Waals surface area contributed by atoms with Crippen LogP contribution in [-0.2, 0) is 9.53 Å². The van der Waals surface area contributed by atoms with Crippen LogP contribution in [0.1, 0.15) is 44.9 Å². The normalized spacial score (nSPS) is 32.9. The largest absolute Gasteiger partial charge is 0.388 e. The Morgan fingerprint density at radius 2 is 1.94 bits per heavy atom. The molecule has 0 heterocycles. The molecule has 0 aromatic rings. The van der Waals surface area contributed by atoms with Crippen LogP contribution in [0.2, 0.25) is 0 Å². The van der Waals surface area contributed by atoms with Crippen molar-refractivity contribution in [3.63, 3.8) is 0 Å². The van der Waals surface area contributed by atoms with Gasteiger partial charge in [-0.2, -0.15) is 0 Å². The molecule has 0 saturated heterocycles. The Morgan fingerprint density at radius 3 is 2.56 bits per heavy atom. The molecular weight excluding hydrogens is 230 g/mol. The van der Waals surface area contributed by atoms with E-state index >= 15 is 0 Å². The lowest BCUT2D eigenvalue weighted by Crippen LogP contribution is -2.49. The molecule has 18 heavy (non-hydrogen) atoms. The lowest BCUT2D eigenvalue weighted by Gasteiger charge is -2.33. The van der Waals surface area contributed by atoms with Crippen LogP contribution in [0, 0.1) is 5.92 Å². The number of hydrogen-bond acceptors (Lipinski definition) is 3. The second-order valence-corrected chi connectivity index (χ2v) is 5.77. The topological polar surface area (TPSA) is 49.8 Å². The molecule has 2 aliphatic rings. The summed E-state index contributed by atoms with van der Waals surface area (Å²) in [5.74, 6) is 0.777. The van der Waals surface area contributed by atoms with Crippen LogP contribution in [0.5, 0.6) is 0 Å². The number of carbonyl (C=O) groups is 1. The quantitative estimate of drug-likeness (QED) is 0.776. The van der Waals surface area contributed by atoms with Crippen molar-refractivity contribution >= 4 is 5.91 Å². The number of hydrogen-bond donors (Lipinski definition) is 1. The predicted molar refractivity (Wildman–Crippen MR) is 69.2 cm³/mol. The summed E-state index contributed by atoms with van der Waals surface area (Å²) in [6.45, 7) is 0. The first kappa shape index (κ1) is 13.8. The van der Waals surface area contributed by atoms with Crippen molar-refractivity contribution < 1.29 is 14.6 Å². The van der Waals surface area contributed by atoms with E-state index in [1.165, 1.54) is 12.8 Å². The van der Waals surface area contributed by atoms with Gasteiger partial charge in [-0.3, -0.25) is 4.79 Å². The maximum absolute atomic E-state index is 12.1. The van der Waals surface area contributed by atoms with E-state index in [9.17, 15) is 9.90 Å². The number of aliphatic hydroxyl groups excluding tert-OH is 1. The number of ether oxygens (including phenoxy) is 1. The second-order valence-electron chi connectivity index (χ2n) is 5.77. The molecule has 4 heteroatoms. The molecule has 2 aliphatic carbocycles. The van der Waals surface area contributed by atoms with E-state index in [4.69, 9.17) is 4.74 Å². The van der Waals surface area contributed by atoms with Gasteiger partial charge in [-0.05, 0) is 31.6 Å². The third-order valence-electron chi connectivity index (χ3n) is 4.37. The fourth-order valence-corrected chi connectivity index (χ4v) is 2.87. The Bertz CT molecular complexity index is 291. The molecule has 1 amide bonds. The van der Waals surface area contributed by atoms with Gasteiger partial charge in [0.25, 0.3) is 0 Å². The van der Waals surface area contributed by atoms with Crippen LogP contribution < -0.4 is 0 Å². The van der Waals surface area contributed by atoms with E-state index in [-0.39, 0.29) is 18.1 Å². The number of amides is 1. The van der Waals surface area contributed by atoms with Gasteiger partial charge in [0, 0.05) is 20.6 Å². The number of carbonyl (C=O) groups excluding carboxylic acids is 1. The number of rotatable bonds is 4. The zero-order valence-corrected chi connectivity index (χ0v) is 11.5. The van der Waals surface area contributed by atoms with Crippen LogP contribution in [-0.4, -0.2) is 48.3 Å². The average Bonchev–Trinajstić information content (AvgIpc) is 3.16. The number of nitrogens with zero attached hydrogens (tertiary/aromatic N) is 1. The first-order chi connectivity index (χ1) is 8.63. The van der Waals surface area contributed by atoms with Crippen molar-refractivity contribution in [1.29, 1.82) is 0 Å². The van der Waals surface area contributed by atoms with Gasteiger partial charge < -0.3 is 14.7 Å². The summed E-state index contributed by atoms with van der Waals surface area (Å²) in [5, 5.41) is 10.4. The van der Waals surface area contributed by atoms with E-state index < -0.39 is 6.10 Å². The molecular formula is C14H25NO3. The molecule has 0 aromatic carbocycles. The third kappa shape index (κ3) is 3.23. The van der Waals surface area contributed by atoms with Crippen molar-refractivity contribution in [2.75, 3.05) is 14.2 Å². The molecule has 0 unspecified atom stereocenters. The van der Waals surface area contributed by atoms with Gasteiger partial charge in [0.15, 0.2) is 0 Å². The highest BCUT2D eigenvalue weighted by Crippen LogP contribution is 2.33. The Morgan fingerprint density at radius 1 is 1.28 bits per heavy atom. The minimum atomic E-state index is -0.550. The molecule has 1 N–H and O–H groups in total. The van der Waals surface area contributed by atoms with Crippen molar-refractivity contribution in [2.24, 2.45) is 5.92 Å². The smallest absolute Gasteiger partial charge is 0.222 e. The fourth-order valence-electron chi connectivity index (χ4n) is 2.87. The Hall–Kier alpha value is -0.610. The highest BCUT2D eigenvalue weighted by Gasteiger charge is 2.35. The zero-order valence-electron chi connectivity index (χ0n) is 11.5. The molecule has 4 nitrogen and oxygen atoms in total. The van der Waals surface area contributed by atoms with Gasteiger partial charge in [-0.1, -0.05) is 12.8 Å². The predicted octanol–water partition coefficient (Wildman–Crippen LogP) is 1.56. The summed E-state index contributed by atoms with van der Waals surface area (Å²) in [7, 11) is 3.47. The third-order valence-corrected chi connectivity index (χ3v) is 4.37. The van der Waals surface area contributed by atoms with Crippen LogP contribution in [0.15, 0.2) is 0 Å². The molecule has 2 rings (SSSR count). The van der Waals surface area contributed by atoms with Crippen molar-refractivity contribution in [2.45, 2.75) is 63.2 Å². The standard InChI is InChI=1S/C14H25NO3/c1-15(13(16)9-10-7-8-10)11-5-3-4-6-12(18-2)14(11)17/h10-12,14,17H,3-9H2,1-2H3/t11-,12-,14-/m1/s1. The van der Waals surface area contributed by atoms with Crippen LogP contribution in [0.4, 0.5) is 0 Å². The van der Waals surface area contributed by atoms with E-state index in [2.05, 4.69) is 0 Å². The molecule has 0 spiro atoms. The lowest BCUT2D eigenvalue weighted by molar-refractivity contribution is -0.137. The lowest BCUT2D eigenvalue weighted by atomic mass is 10.0. The SMILES string of the molecule is CO[C@@H]1CCCC[C@@H](N(C)C(=O)CC2CC2)[C@H]1O. The van der Waals surface area contributed by atoms with Gasteiger partial charge >= 0.3 is 0 Å². The number of methoxy groups -OCH3 is 1. The Labute approximate surface area is 109 Å². The number of likely N-dealkylation sites (N-methyl/N-ethyl adjacent to an activating group) is 1. The minimum Gasteiger partial charge on any atom is -0.388 e. The maximum Gasteiger partial charge on any atom is 0.222 e. The first-order valence-electron chi connectivity index (χ1n) is 7.10. The van der Waals surface area contributed by atoms with E-state index in [0.29, 0.717) is 12.3 Å². The molecule has 0 aromatic heterocycles.